The molecule has 0 saturated carbocycles. The van der Waals surface area contributed by atoms with Crippen molar-refractivity contribution < 1.29 is 13.2 Å². The fourth-order valence-electron chi connectivity index (χ4n) is 2.09. The number of aromatic amines is 1. The summed E-state index contributed by atoms with van der Waals surface area (Å²) in [5.41, 5.74) is 0.677. The van der Waals surface area contributed by atoms with Crippen LogP contribution in [0.2, 0.25) is 0 Å². The van der Waals surface area contributed by atoms with Gasteiger partial charge >= 0.3 is 6.18 Å². The number of H-pyrrole nitrogens is 1. The number of nitrogens with zero attached hydrogens (tertiary/aromatic N) is 2. The number of nitrogens with one attached hydrogen (secondary N) is 2. The maximum absolute atomic E-state index is 12.7. The first-order valence-corrected chi connectivity index (χ1v) is 6.76. The Hall–Kier alpha value is -1.89. The summed E-state index contributed by atoms with van der Waals surface area (Å²) in [6.07, 6.45) is -1.38. The predicted octanol–water partition coefficient (Wildman–Crippen LogP) is 3.11. The molecule has 1 aromatic heterocycles. The molecule has 0 radical (unpaired) electrons. The molecule has 1 heterocycles. The number of rotatable bonds is 6. The largest absolute Gasteiger partial charge is 0.416 e. The van der Waals surface area contributed by atoms with E-state index in [1.165, 1.54) is 12.1 Å². The van der Waals surface area contributed by atoms with Crippen LogP contribution in [0.5, 0.6) is 0 Å². The van der Waals surface area contributed by atoms with Crippen LogP contribution in [0, 0.1) is 0 Å². The Kier molecular flexibility index (Phi) is 4.95. The lowest BCUT2D eigenvalue weighted by Gasteiger charge is -2.17. The van der Waals surface area contributed by atoms with Crippen molar-refractivity contribution in [1.82, 2.24) is 20.7 Å². The number of benzene rings is 1. The second kappa shape index (κ2) is 6.71. The van der Waals surface area contributed by atoms with Gasteiger partial charge in [0.15, 0.2) is 0 Å². The first kappa shape index (κ1) is 15.5. The molecule has 0 aliphatic heterocycles. The molecule has 0 saturated heterocycles. The molecule has 114 valence electrons. The van der Waals surface area contributed by atoms with E-state index in [-0.39, 0.29) is 6.04 Å². The van der Waals surface area contributed by atoms with Gasteiger partial charge in [0.1, 0.15) is 0 Å². The van der Waals surface area contributed by atoms with Crippen LogP contribution in [0.3, 0.4) is 0 Å². The Morgan fingerprint density at radius 1 is 1.33 bits per heavy atom. The van der Waals surface area contributed by atoms with Gasteiger partial charge in [-0.1, -0.05) is 25.1 Å². The van der Waals surface area contributed by atoms with Crippen molar-refractivity contribution in [2.75, 3.05) is 6.54 Å². The minimum atomic E-state index is -4.32. The highest BCUT2D eigenvalue weighted by molar-refractivity contribution is 5.27. The molecule has 2 aromatic rings. The smallest absolute Gasteiger partial charge is 0.308 e. The molecule has 1 unspecified atom stereocenters. The van der Waals surface area contributed by atoms with Crippen molar-refractivity contribution in [1.29, 1.82) is 0 Å². The maximum Gasteiger partial charge on any atom is 0.416 e. The molecule has 0 bridgehead atoms. The fourth-order valence-corrected chi connectivity index (χ4v) is 2.09. The molecule has 0 fully saturated rings. The van der Waals surface area contributed by atoms with Gasteiger partial charge in [-0.05, 0) is 31.0 Å². The Morgan fingerprint density at radius 3 is 2.76 bits per heavy atom. The van der Waals surface area contributed by atoms with E-state index in [0.29, 0.717) is 17.7 Å². The van der Waals surface area contributed by atoms with E-state index < -0.39 is 11.7 Å². The summed E-state index contributed by atoms with van der Waals surface area (Å²) in [7, 11) is 0. The second-order valence-electron chi connectivity index (χ2n) is 4.80. The van der Waals surface area contributed by atoms with Crippen LogP contribution < -0.4 is 5.32 Å². The highest BCUT2D eigenvalue weighted by Gasteiger charge is 2.30. The normalized spacial score (nSPS) is 13.3. The highest BCUT2D eigenvalue weighted by Crippen LogP contribution is 2.30. The van der Waals surface area contributed by atoms with Gasteiger partial charge in [-0.3, -0.25) is 0 Å². The van der Waals surface area contributed by atoms with Crippen molar-refractivity contribution in [2.24, 2.45) is 0 Å². The molecule has 21 heavy (non-hydrogen) atoms. The lowest BCUT2D eigenvalue weighted by Crippen LogP contribution is -2.24. The van der Waals surface area contributed by atoms with Gasteiger partial charge < -0.3 is 5.32 Å². The number of hydrogen-bond donors (Lipinski definition) is 2. The third-order valence-corrected chi connectivity index (χ3v) is 3.13. The highest BCUT2D eigenvalue weighted by atomic mass is 19.4. The zero-order valence-corrected chi connectivity index (χ0v) is 11.6. The second-order valence-corrected chi connectivity index (χ2v) is 4.80. The Balaban J connectivity index is 2.17. The van der Waals surface area contributed by atoms with E-state index >= 15 is 0 Å². The summed E-state index contributed by atoms with van der Waals surface area (Å²) in [6.45, 7) is 2.79. The zero-order valence-electron chi connectivity index (χ0n) is 11.6. The van der Waals surface area contributed by atoms with Crippen molar-refractivity contribution >= 4 is 0 Å². The van der Waals surface area contributed by atoms with Crippen molar-refractivity contribution in [3.63, 3.8) is 0 Å². The first-order chi connectivity index (χ1) is 10.0. The standard InChI is InChI=1S/C14H17F3N4/c1-2-6-18-12(13-9-19-21-20-13)8-10-4-3-5-11(7-10)14(15,16)17/h3-5,7,9,12,18H,2,6,8H2,1H3,(H,19,20,21). The van der Waals surface area contributed by atoms with Gasteiger partial charge in [-0.25, -0.2) is 0 Å². The van der Waals surface area contributed by atoms with Crippen LogP contribution in [0.4, 0.5) is 13.2 Å². The first-order valence-electron chi connectivity index (χ1n) is 6.76. The molecular weight excluding hydrogens is 281 g/mol. The quantitative estimate of drug-likeness (QED) is 0.861. The minimum absolute atomic E-state index is 0.160. The fraction of sp³-hybridized carbons (Fsp3) is 0.429. The molecular formula is C14H17F3N4. The minimum Gasteiger partial charge on any atom is -0.308 e. The van der Waals surface area contributed by atoms with E-state index in [1.807, 2.05) is 6.92 Å². The zero-order chi connectivity index (χ0) is 15.3. The third-order valence-electron chi connectivity index (χ3n) is 3.13. The van der Waals surface area contributed by atoms with Gasteiger partial charge in [0.05, 0.1) is 23.5 Å². The van der Waals surface area contributed by atoms with Crippen LogP contribution in [0.1, 0.15) is 36.2 Å². The topological polar surface area (TPSA) is 53.6 Å². The molecule has 4 nitrogen and oxygen atoms in total. The summed E-state index contributed by atoms with van der Waals surface area (Å²) >= 11 is 0. The molecule has 1 atom stereocenters. The molecule has 0 spiro atoms. The lowest BCUT2D eigenvalue weighted by atomic mass is 10.0. The Bertz CT molecular complexity index is 552. The molecule has 0 aliphatic carbocycles. The number of aromatic nitrogens is 3. The van der Waals surface area contributed by atoms with Crippen LogP contribution in [0.25, 0.3) is 0 Å². The van der Waals surface area contributed by atoms with E-state index in [0.717, 1.165) is 19.0 Å². The molecule has 7 heteroatoms. The predicted molar refractivity (Wildman–Crippen MR) is 72.6 cm³/mol. The van der Waals surface area contributed by atoms with Crippen molar-refractivity contribution in [3.8, 4) is 0 Å². The SMILES string of the molecule is CCCNC(Cc1cccc(C(F)(F)F)c1)c1cn[nH]n1. The maximum atomic E-state index is 12.7. The number of halogens is 3. The van der Waals surface area contributed by atoms with Gasteiger partial charge in [-0.2, -0.15) is 28.6 Å². The van der Waals surface area contributed by atoms with Crippen molar-refractivity contribution in [2.45, 2.75) is 32.0 Å². The third kappa shape index (κ3) is 4.29. The van der Waals surface area contributed by atoms with Gasteiger partial charge in [0.25, 0.3) is 0 Å². The average Bonchev–Trinajstić information content (AvgIpc) is 2.97. The van der Waals surface area contributed by atoms with Gasteiger partial charge in [0, 0.05) is 0 Å². The van der Waals surface area contributed by atoms with Gasteiger partial charge in [0.2, 0.25) is 0 Å². The van der Waals surface area contributed by atoms with Gasteiger partial charge in [-0.15, -0.1) is 0 Å². The molecule has 2 N–H and O–H groups in total. The molecule has 1 aromatic carbocycles. The number of alkyl halides is 3. The van der Waals surface area contributed by atoms with Crippen LogP contribution in [-0.2, 0) is 12.6 Å². The molecule has 0 aliphatic rings. The summed E-state index contributed by atoms with van der Waals surface area (Å²) in [5, 5.41) is 13.6. The van der Waals surface area contributed by atoms with E-state index in [1.54, 1.807) is 12.3 Å². The summed E-state index contributed by atoms with van der Waals surface area (Å²) in [5.74, 6) is 0. The summed E-state index contributed by atoms with van der Waals surface area (Å²) in [6, 6.07) is 5.22. The number of hydrogen-bond acceptors (Lipinski definition) is 3. The average molecular weight is 298 g/mol. The van der Waals surface area contributed by atoms with Crippen LogP contribution in [0.15, 0.2) is 30.5 Å². The van der Waals surface area contributed by atoms with Crippen LogP contribution >= 0.6 is 0 Å². The molecule has 0 amide bonds. The van der Waals surface area contributed by atoms with E-state index in [4.69, 9.17) is 0 Å². The van der Waals surface area contributed by atoms with E-state index in [2.05, 4.69) is 20.7 Å². The van der Waals surface area contributed by atoms with E-state index in [9.17, 15) is 13.2 Å². The van der Waals surface area contributed by atoms with Crippen molar-refractivity contribution in [3.05, 3.63) is 47.3 Å². The lowest BCUT2D eigenvalue weighted by molar-refractivity contribution is -0.137. The molecule has 2 rings (SSSR count). The Morgan fingerprint density at radius 2 is 2.14 bits per heavy atom. The Labute approximate surface area is 120 Å². The summed E-state index contributed by atoms with van der Waals surface area (Å²) in [4.78, 5) is 0. The summed E-state index contributed by atoms with van der Waals surface area (Å²) < 4.78 is 38.2. The monoisotopic (exact) mass is 298 g/mol. The van der Waals surface area contributed by atoms with Crippen LogP contribution in [-0.4, -0.2) is 22.0 Å².